The first-order valence-corrected chi connectivity index (χ1v) is 14.7. The summed E-state index contributed by atoms with van der Waals surface area (Å²) in [5.74, 6) is -4.27. The van der Waals surface area contributed by atoms with Crippen molar-refractivity contribution >= 4 is 11.8 Å². The van der Waals surface area contributed by atoms with Crippen LogP contribution in [0.1, 0.15) is 46.8 Å². The summed E-state index contributed by atoms with van der Waals surface area (Å²) in [7, 11) is 1.74. The molecule has 1 aromatic heterocycles. The average Bonchev–Trinajstić information content (AvgIpc) is 3.54. The molecule has 0 saturated heterocycles. The Morgan fingerprint density at radius 1 is 1.07 bits per heavy atom. The number of aliphatic hydroxyl groups is 1. The van der Waals surface area contributed by atoms with Gasteiger partial charge in [-0.05, 0) is 54.9 Å². The van der Waals surface area contributed by atoms with Crippen molar-refractivity contribution in [2.45, 2.75) is 49.5 Å². The molecular formula is C32H27F5N2O4S. The monoisotopic (exact) mass is 630 g/mol. The third-order valence-corrected chi connectivity index (χ3v) is 9.24. The summed E-state index contributed by atoms with van der Waals surface area (Å²) in [6, 6.07) is 13.9. The maximum absolute atomic E-state index is 16.1. The minimum atomic E-state index is -4.83. The van der Waals surface area contributed by atoms with Gasteiger partial charge in [0.1, 0.15) is 5.82 Å². The largest absolute Gasteiger partial charge is 0.426 e. The molecule has 3 aromatic carbocycles. The molecule has 2 aliphatic heterocycles. The highest BCUT2D eigenvalue weighted by Gasteiger charge is 2.41. The number of fused-ring (bicyclic) bond motifs is 2. The molecule has 230 valence electrons. The van der Waals surface area contributed by atoms with E-state index < -0.39 is 58.7 Å². The number of halogens is 5. The fourth-order valence-corrected chi connectivity index (χ4v) is 7.47. The van der Waals surface area contributed by atoms with Gasteiger partial charge in [0.2, 0.25) is 5.75 Å². The first-order chi connectivity index (χ1) is 20.8. The van der Waals surface area contributed by atoms with E-state index in [1.807, 2.05) is 30.3 Å². The van der Waals surface area contributed by atoms with Crippen molar-refractivity contribution in [2.24, 2.45) is 0 Å². The molecule has 0 fully saturated rings. The van der Waals surface area contributed by atoms with Crippen molar-refractivity contribution in [3.63, 3.8) is 0 Å². The molecule has 0 spiro atoms. The van der Waals surface area contributed by atoms with E-state index in [-0.39, 0.29) is 34.0 Å². The molecule has 6 nitrogen and oxygen atoms in total. The van der Waals surface area contributed by atoms with Crippen LogP contribution in [0.4, 0.5) is 22.0 Å². The number of ether oxygens (including phenoxy) is 2. The third-order valence-electron chi connectivity index (χ3n) is 8.01. The van der Waals surface area contributed by atoms with Gasteiger partial charge in [0.15, 0.2) is 11.6 Å². The number of benzene rings is 3. The van der Waals surface area contributed by atoms with Crippen LogP contribution in [-0.4, -0.2) is 28.4 Å². The molecule has 4 aromatic rings. The van der Waals surface area contributed by atoms with Gasteiger partial charge in [-0.2, -0.15) is 13.2 Å². The fourth-order valence-electron chi connectivity index (χ4n) is 6.04. The number of nitrogens with one attached hydrogen (secondary N) is 1. The second kappa shape index (κ2) is 10.9. The smallest absolute Gasteiger partial charge is 0.416 e. The number of nitrogens with zero attached hydrogens (tertiary/aromatic N) is 1. The summed E-state index contributed by atoms with van der Waals surface area (Å²) in [4.78, 5) is 14.4. The fraction of sp³-hybridized carbons (Fsp3) is 0.281. The van der Waals surface area contributed by atoms with Crippen LogP contribution in [0.25, 0.3) is 11.1 Å². The number of alkyl halides is 3. The summed E-state index contributed by atoms with van der Waals surface area (Å²) in [6.45, 7) is 2.69. The van der Waals surface area contributed by atoms with Gasteiger partial charge in [-0.25, -0.2) is 8.78 Å². The second-order valence-electron chi connectivity index (χ2n) is 10.8. The Balaban J connectivity index is 1.61. The highest BCUT2D eigenvalue weighted by atomic mass is 32.2. The van der Waals surface area contributed by atoms with Gasteiger partial charge in [0, 0.05) is 30.2 Å². The maximum atomic E-state index is 16.1. The third kappa shape index (κ3) is 5.04. The number of aromatic nitrogens is 1. The first-order valence-electron chi connectivity index (χ1n) is 13.7. The van der Waals surface area contributed by atoms with Crippen LogP contribution >= 0.6 is 11.8 Å². The topological polar surface area (TPSA) is 72.7 Å². The van der Waals surface area contributed by atoms with E-state index in [0.29, 0.717) is 10.8 Å². The molecule has 0 saturated carbocycles. The maximum Gasteiger partial charge on any atom is 0.416 e. The van der Waals surface area contributed by atoms with Crippen molar-refractivity contribution in [3.05, 3.63) is 110 Å². The van der Waals surface area contributed by atoms with E-state index >= 15 is 8.78 Å². The predicted octanol–water partition coefficient (Wildman–Crippen LogP) is 6.76. The lowest BCUT2D eigenvalue weighted by Gasteiger charge is -2.27. The van der Waals surface area contributed by atoms with Crippen LogP contribution in [0.15, 0.2) is 70.5 Å². The van der Waals surface area contributed by atoms with Gasteiger partial charge in [0.05, 0.1) is 28.2 Å². The quantitative estimate of drug-likeness (QED) is 0.230. The van der Waals surface area contributed by atoms with E-state index in [1.54, 1.807) is 7.05 Å². The van der Waals surface area contributed by atoms with Crippen molar-refractivity contribution in [1.82, 2.24) is 9.88 Å². The van der Waals surface area contributed by atoms with Gasteiger partial charge in [-0.3, -0.25) is 9.36 Å². The summed E-state index contributed by atoms with van der Waals surface area (Å²) in [5, 5.41) is 13.8. The zero-order valence-corrected chi connectivity index (χ0v) is 24.6. The van der Waals surface area contributed by atoms with Crippen LogP contribution in [-0.2, 0) is 12.6 Å². The normalized spacial score (nSPS) is 19.7. The molecule has 6 rings (SSSR count). The molecule has 0 aliphatic carbocycles. The standard InChI is InChI=1S/C32H27F5N2O4S/c1-16-19(14-20-21(32(35,36)37)10-7-11-22(20)33)30-39(23(15-44-30)27(38-3)17-8-5-4-6-9-17)29(40)25(16)18-12-13-24-28(26(18)34)43-31(2,41)42-24/h4-13,23,27,38,41H,14-15H2,1-3H3. The van der Waals surface area contributed by atoms with E-state index in [0.717, 1.165) is 23.8 Å². The van der Waals surface area contributed by atoms with Crippen molar-refractivity contribution in [2.75, 3.05) is 12.8 Å². The van der Waals surface area contributed by atoms with Crippen LogP contribution < -0.4 is 20.3 Å². The SMILES string of the molecule is CNC(c1ccccc1)C1CSc2c(Cc3c(F)cccc3C(F)(F)F)c(C)c(-c3ccc4c(c3F)OC(C)(O)O4)c(=O)n21. The lowest BCUT2D eigenvalue weighted by atomic mass is 9.91. The van der Waals surface area contributed by atoms with Crippen LogP contribution in [0, 0.1) is 18.6 Å². The van der Waals surface area contributed by atoms with Crippen molar-refractivity contribution in [1.29, 1.82) is 0 Å². The highest BCUT2D eigenvalue weighted by molar-refractivity contribution is 7.99. The molecule has 2 N–H and O–H groups in total. The Kier molecular flexibility index (Phi) is 7.50. The first kappa shape index (κ1) is 30.2. The molecule has 3 heterocycles. The zero-order valence-electron chi connectivity index (χ0n) is 23.8. The van der Waals surface area contributed by atoms with Crippen molar-refractivity contribution < 1.29 is 36.5 Å². The average molecular weight is 631 g/mol. The van der Waals surface area contributed by atoms with Crippen LogP contribution in [0.3, 0.4) is 0 Å². The van der Waals surface area contributed by atoms with Gasteiger partial charge in [-0.15, -0.1) is 11.8 Å². The van der Waals surface area contributed by atoms with Crippen molar-refractivity contribution in [3.8, 4) is 22.6 Å². The number of hydrogen-bond acceptors (Lipinski definition) is 6. The number of pyridine rings is 1. The van der Waals surface area contributed by atoms with Gasteiger partial charge in [0.25, 0.3) is 5.56 Å². The lowest BCUT2D eigenvalue weighted by Crippen LogP contribution is -2.35. The highest BCUT2D eigenvalue weighted by Crippen LogP contribution is 2.47. The molecule has 12 heteroatoms. The minimum absolute atomic E-state index is 0.0793. The van der Waals surface area contributed by atoms with Crippen LogP contribution in [0.5, 0.6) is 11.5 Å². The summed E-state index contributed by atoms with van der Waals surface area (Å²) >= 11 is 1.28. The van der Waals surface area contributed by atoms with E-state index in [1.165, 1.54) is 42.3 Å². The molecule has 2 aliphatic rings. The predicted molar refractivity (Wildman–Crippen MR) is 155 cm³/mol. The Labute approximate surface area is 253 Å². The van der Waals surface area contributed by atoms with Gasteiger partial charge >= 0.3 is 12.1 Å². The van der Waals surface area contributed by atoms with Crippen LogP contribution in [0.2, 0.25) is 0 Å². The molecule has 3 atom stereocenters. The number of likely N-dealkylation sites (N-methyl/N-ethyl adjacent to an activating group) is 1. The summed E-state index contributed by atoms with van der Waals surface area (Å²) in [6.07, 6.45) is -5.32. The van der Waals surface area contributed by atoms with E-state index in [4.69, 9.17) is 9.47 Å². The Hall–Kier alpha value is -3.87. The number of hydrogen-bond donors (Lipinski definition) is 2. The Morgan fingerprint density at radius 3 is 2.48 bits per heavy atom. The second-order valence-corrected chi connectivity index (χ2v) is 11.8. The molecular weight excluding hydrogens is 603 g/mol. The number of thioether (sulfide) groups is 1. The summed E-state index contributed by atoms with van der Waals surface area (Å²) in [5.41, 5.74) is -1.22. The minimum Gasteiger partial charge on any atom is -0.426 e. The Bertz CT molecular complexity index is 1820. The molecule has 0 bridgehead atoms. The van der Waals surface area contributed by atoms with E-state index in [9.17, 15) is 23.1 Å². The Morgan fingerprint density at radius 2 is 1.80 bits per heavy atom. The lowest BCUT2D eigenvalue weighted by molar-refractivity contribution is -0.235. The van der Waals surface area contributed by atoms with Gasteiger partial charge in [-0.1, -0.05) is 36.4 Å². The molecule has 0 radical (unpaired) electrons. The van der Waals surface area contributed by atoms with Gasteiger partial charge < -0.3 is 19.9 Å². The molecule has 44 heavy (non-hydrogen) atoms. The summed E-state index contributed by atoms with van der Waals surface area (Å²) < 4.78 is 85.2. The molecule has 3 unspecified atom stereocenters. The van der Waals surface area contributed by atoms with E-state index in [2.05, 4.69) is 5.32 Å². The molecule has 0 amide bonds. The number of rotatable bonds is 6. The zero-order chi connectivity index (χ0) is 31.6.